The van der Waals surface area contributed by atoms with Crippen LogP contribution in [0.4, 0.5) is 0 Å². The largest absolute Gasteiger partial charge is 0.490 e. The number of aromatic nitrogens is 2. The highest BCUT2D eigenvalue weighted by atomic mass is 16.6. The normalized spacial score (nSPS) is 15.7. The molecule has 0 amide bonds. The van der Waals surface area contributed by atoms with E-state index in [-0.39, 0.29) is 19.4 Å². The van der Waals surface area contributed by atoms with Crippen LogP contribution in [-0.4, -0.2) is 78.4 Å². The molecule has 89 heavy (non-hydrogen) atoms. The van der Waals surface area contributed by atoms with E-state index in [1.54, 1.807) is 0 Å². The zero-order chi connectivity index (χ0) is 63.9. The number of unbranched alkanes of at least 4 members (excludes halogenated alkanes) is 45. The lowest BCUT2D eigenvalue weighted by Gasteiger charge is -2.23. The lowest BCUT2D eigenvalue weighted by molar-refractivity contribution is -0.160. The van der Waals surface area contributed by atoms with Crippen LogP contribution in [-0.2, 0) is 35.1 Å². The van der Waals surface area contributed by atoms with E-state index in [4.69, 9.17) is 33.2 Å². The van der Waals surface area contributed by atoms with E-state index in [9.17, 15) is 24.3 Å². The van der Waals surface area contributed by atoms with Crippen molar-refractivity contribution in [1.29, 1.82) is 0 Å². The number of aliphatic hydroxyl groups is 1. The Kier molecular flexibility index (Phi) is 49.7. The molecule has 2 aromatic rings. The molecule has 1 fully saturated rings. The number of benzene rings is 1. The molecule has 0 spiro atoms. The fourth-order valence-electron chi connectivity index (χ4n) is 12.3. The summed E-state index contributed by atoms with van der Waals surface area (Å²) in [5.74, 6) is 0.462. The minimum atomic E-state index is -1.10. The summed E-state index contributed by atoms with van der Waals surface area (Å²) in [5, 5.41) is 10.1. The summed E-state index contributed by atoms with van der Waals surface area (Å²) < 4.78 is 44.0. The zero-order valence-electron chi connectivity index (χ0n) is 57.4. The third-order valence-electron chi connectivity index (χ3n) is 17.9. The molecule has 1 aromatic heterocycles. The molecule has 0 bridgehead atoms. The number of carbonyl (C=O) groups is 2. The maximum absolute atomic E-state index is 13.3. The Morgan fingerprint density at radius 2 is 0.809 bits per heavy atom. The number of ether oxygens (including phenoxy) is 7. The number of nitrogens with one attached hydrogen (secondary N) is 1. The lowest BCUT2D eigenvalue weighted by atomic mass is 10.0. The summed E-state index contributed by atoms with van der Waals surface area (Å²) in [6, 6.07) is 4.97. The maximum atomic E-state index is 13.3. The molecule has 4 atom stereocenters. The van der Waals surface area contributed by atoms with E-state index in [1.165, 1.54) is 283 Å². The van der Waals surface area contributed by atoms with Crippen LogP contribution in [0.25, 0.3) is 0 Å². The molecule has 0 unspecified atom stereocenters. The minimum absolute atomic E-state index is 0.0670. The molecule has 14 nitrogen and oxygen atoms in total. The van der Waals surface area contributed by atoms with Gasteiger partial charge in [0.15, 0.2) is 23.8 Å². The van der Waals surface area contributed by atoms with Crippen LogP contribution in [0.15, 0.2) is 34.0 Å². The van der Waals surface area contributed by atoms with Crippen molar-refractivity contribution in [2.45, 2.75) is 373 Å². The highest BCUT2D eigenvalue weighted by Gasteiger charge is 2.48. The Morgan fingerprint density at radius 3 is 1.15 bits per heavy atom. The monoisotopic (exact) mass is 1250 g/mol. The van der Waals surface area contributed by atoms with Crippen LogP contribution in [0.3, 0.4) is 0 Å². The van der Waals surface area contributed by atoms with Crippen LogP contribution in [0.2, 0.25) is 0 Å². The van der Waals surface area contributed by atoms with E-state index in [0.29, 0.717) is 42.6 Å². The highest BCUT2D eigenvalue weighted by molar-refractivity contribution is 5.77. The number of carbonyl (C=O) groups excluding carboxylic acids is 2. The van der Waals surface area contributed by atoms with Crippen molar-refractivity contribution in [2.75, 3.05) is 33.5 Å². The third kappa shape index (κ3) is 39.3. The van der Waals surface area contributed by atoms with Gasteiger partial charge in [0.05, 0.1) is 39.3 Å². The predicted molar refractivity (Wildman–Crippen MR) is 364 cm³/mol. The number of nitrogens with zero attached hydrogens (tertiary/aromatic N) is 1. The number of H-pyrrole nitrogens is 1. The van der Waals surface area contributed by atoms with Crippen molar-refractivity contribution in [3.8, 4) is 17.2 Å². The highest BCUT2D eigenvalue weighted by Crippen LogP contribution is 2.40. The first kappa shape index (κ1) is 79.4. The molecule has 1 aliphatic heterocycles. The number of esters is 2. The number of aromatic amines is 1. The Morgan fingerprint density at radius 1 is 0.472 bits per heavy atom. The van der Waals surface area contributed by atoms with Crippen LogP contribution >= 0.6 is 0 Å². The summed E-state index contributed by atoms with van der Waals surface area (Å²) in [6.07, 6.45) is 58.9. The van der Waals surface area contributed by atoms with Gasteiger partial charge in [0.1, 0.15) is 18.8 Å². The topological polar surface area (TPSA) is 174 Å². The Balaban J connectivity index is 1.60. The van der Waals surface area contributed by atoms with Gasteiger partial charge in [0.2, 0.25) is 5.75 Å². The average Bonchev–Trinajstić information content (AvgIpc) is 1.76. The van der Waals surface area contributed by atoms with Gasteiger partial charge in [-0.1, -0.05) is 310 Å². The fraction of sp³-hybridized carbons (Fsp3) is 0.840. The first-order chi connectivity index (χ1) is 43.8. The van der Waals surface area contributed by atoms with Crippen molar-refractivity contribution in [2.24, 2.45) is 0 Å². The van der Waals surface area contributed by atoms with Crippen LogP contribution in [0.1, 0.15) is 354 Å². The molecule has 2 N–H and O–H groups in total. The molecule has 0 aliphatic carbocycles. The smallest absolute Gasteiger partial charge is 0.330 e. The van der Waals surface area contributed by atoms with Gasteiger partial charge in [0.25, 0.3) is 5.56 Å². The van der Waals surface area contributed by atoms with E-state index < -0.39 is 54.3 Å². The molecule has 3 rings (SSSR count). The lowest BCUT2D eigenvalue weighted by Crippen LogP contribution is -2.41. The molecule has 2 heterocycles. The van der Waals surface area contributed by atoms with Gasteiger partial charge in [-0.25, -0.2) is 4.79 Å². The second-order valence-electron chi connectivity index (χ2n) is 26.0. The van der Waals surface area contributed by atoms with Gasteiger partial charge in [-0.15, -0.1) is 0 Å². The first-order valence-corrected chi connectivity index (χ1v) is 37.3. The van der Waals surface area contributed by atoms with Crippen molar-refractivity contribution >= 4 is 11.9 Å². The van der Waals surface area contributed by atoms with E-state index in [0.717, 1.165) is 49.2 Å². The summed E-state index contributed by atoms with van der Waals surface area (Å²) in [6.45, 7) is 7.87. The van der Waals surface area contributed by atoms with E-state index >= 15 is 0 Å². The quantitative estimate of drug-likeness (QED) is 0.0475. The van der Waals surface area contributed by atoms with Crippen molar-refractivity contribution in [3.63, 3.8) is 0 Å². The van der Waals surface area contributed by atoms with Gasteiger partial charge >= 0.3 is 17.6 Å². The van der Waals surface area contributed by atoms with Crippen molar-refractivity contribution < 1.29 is 47.9 Å². The Bertz CT molecular complexity index is 2050. The third-order valence-corrected chi connectivity index (χ3v) is 17.9. The summed E-state index contributed by atoms with van der Waals surface area (Å²) in [5.41, 5.74) is -0.635. The van der Waals surface area contributed by atoms with Gasteiger partial charge in [-0.05, 0) is 37.0 Å². The van der Waals surface area contributed by atoms with Crippen LogP contribution < -0.4 is 25.5 Å². The second kappa shape index (κ2) is 55.7. The SMILES string of the molecule is CCCCCCCCCCCCCCCCCCOc1cc(COC(=O)CCC(=O)O[C@@H]2[C@@H](OC)[C@H](n3ccc(=O)[nH]c3=O)O[C@@H]2CO)cc(OCCCCCCCCCCCCCCCCCC)c1OCCCCCCCCCCCCCCCCCC. The zero-order valence-corrected chi connectivity index (χ0v) is 57.4. The molecular weight excluding hydrogens is 1120 g/mol. The van der Waals surface area contributed by atoms with Gasteiger partial charge < -0.3 is 38.3 Å². The predicted octanol–water partition coefficient (Wildman–Crippen LogP) is 19.8. The van der Waals surface area contributed by atoms with Crippen molar-refractivity contribution in [3.05, 3.63) is 50.8 Å². The maximum Gasteiger partial charge on any atom is 0.330 e. The van der Waals surface area contributed by atoms with E-state index in [2.05, 4.69) is 25.8 Å². The average molecular weight is 1250 g/mol. The molecule has 1 saturated heterocycles. The Hall–Kier alpha value is -3.88. The van der Waals surface area contributed by atoms with Crippen molar-refractivity contribution in [1.82, 2.24) is 9.55 Å². The van der Waals surface area contributed by atoms with Gasteiger partial charge in [-0.2, -0.15) is 0 Å². The number of hydrogen-bond acceptors (Lipinski definition) is 12. The summed E-state index contributed by atoms with van der Waals surface area (Å²) in [7, 11) is 1.37. The Labute approximate surface area is 541 Å². The number of hydrogen-bond donors (Lipinski definition) is 2. The molecule has 1 aromatic carbocycles. The van der Waals surface area contributed by atoms with Gasteiger partial charge in [0, 0.05) is 19.4 Å². The molecule has 0 radical (unpaired) electrons. The number of aliphatic hydroxyl groups excluding tert-OH is 1. The first-order valence-electron chi connectivity index (χ1n) is 37.3. The molecule has 1 aliphatic rings. The summed E-state index contributed by atoms with van der Waals surface area (Å²) >= 11 is 0. The minimum Gasteiger partial charge on any atom is -0.490 e. The second-order valence-corrected chi connectivity index (χ2v) is 26.0. The van der Waals surface area contributed by atoms with Gasteiger partial charge in [-0.3, -0.25) is 23.9 Å². The van der Waals surface area contributed by atoms with Crippen LogP contribution in [0.5, 0.6) is 17.2 Å². The summed E-state index contributed by atoms with van der Waals surface area (Å²) in [4.78, 5) is 53.1. The number of methoxy groups -OCH3 is 1. The molecule has 514 valence electrons. The number of rotatable bonds is 63. The standard InChI is InChI=1S/C75H132N2O12/c1-5-8-11-14-17-20-23-26-29-32-35-38-41-44-47-50-57-84-65-60-64(63-87-69(80)53-54-70(81)89-72-67(62-78)88-74(73(72)83-4)77-56-55-68(79)76-75(77)82)61-66(85-58-51-48-45-42-39-36-33-30-27-24-21-18-15-12-9-6-2)71(65)86-59-52-49-46-43-40-37-34-31-28-25-22-19-16-13-10-7-3/h55-56,60-61,67,72-74,78H,5-54,57-59,62-63H2,1-4H3,(H,76,79,82)/t67-,72+,73-,74-/m1/s1. The van der Waals surface area contributed by atoms with Crippen LogP contribution in [0, 0.1) is 0 Å². The van der Waals surface area contributed by atoms with E-state index in [1.807, 2.05) is 12.1 Å². The fourth-order valence-corrected chi connectivity index (χ4v) is 12.3. The molecular formula is C75H132N2O12. The molecule has 14 heteroatoms. The molecule has 0 saturated carbocycles.